The summed E-state index contributed by atoms with van der Waals surface area (Å²) in [5.74, 6) is 1.65. The van der Waals surface area contributed by atoms with Gasteiger partial charge in [-0.1, -0.05) is 35.9 Å². The fourth-order valence-electron chi connectivity index (χ4n) is 3.35. The van der Waals surface area contributed by atoms with E-state index in [0.717, 1.165) is 30.5 Å². The van der Waals surface area contributed by atoms with Crippen molar-refractivity contribution >= 4 is 11.9 Å². The Labute approximate surface area is 165 Å². The molecule has 144 valence electrons. The van der Waals surface area contributed by atoms with E-state index in [4.69, 9.17) is 4.74 Å². The second-order valence-electron chi connectivity index (χ2n) is 6.90. The molecule has 0 radical (unpaired) electrons. The minimum absolute atomic E-state index is 0.0189. The van der Waals surface area contributed by atoms with Crippen molar-refractivity contribution in [3.63, 3.8) is 0 Å². The number of nitrogens with zero attached hydrogens (tertiary/aromatic N) is 4. The standard InChI is InChI=1S/C22H24N4O2/c1-18-7-9-19(10-8-18)26-12-11-23-22(26)25-15-13-24(14-16-25)21(27)17-28-20-5-3-2-4-6-20/h2-12H,13-17H2,1H3. The van der Waals surface area contributed by atoms with Gasteiger partial charge >= 0.3 is 0 Å². The van der Waals surface area contributed by atoms with E-state index in [1.54, 1.807) is 0 Å². The maximum absolute atomic E-state index is 12.4. The third-order valence-corrected chi connectivity index (χ3v) is 4.95. The summed E-state index contributed by atoms with van der Waals surface area (Å²) in [5.41, 5.74) is 2.32. The van der Waals surface area contributed by atoms with Crippen molar-refractivity contribution in [3.05, 3.63) is 72.6 Å². The molecule has 0 bridgehead atoms. The molecule has 1 fully saturated rings. The van der Waals surface area contributed by atoms with Gasteiger partial charge in [0.1, 0.15) is 5.75 Å². The van der Waals surface area contributed by atoms with Crippen LogP contribution in [0.15, 0.2) is 67.0 Å². The third kappa shape index (κ3) is 4.01. The molecule has 0 aliphatic carbocycles. The largest absolute Gasteiger partial charge is 0.484 e. The number of rotatable bonds is 5. The summed E-state index contributed by atoms with van der Waals surface area (Å²) in [5, 5.41) is 0. The molecule has 0 spiro atoms. The number of piperazine rings is 1. The summed E-state index contributed by atoms with van der Waals surface area (Å²) in [6, 6.07) is 17.8. The molecule has 1 aliphatic rings. The molecule has 1 amide bonds. The maximum atomic E-state index is 12.4. The van der Waals surface area contributed by atoms with Crippen LogP contribution in [-0.4, -0.2) is 53.1 Å². The average molecular weight is 376 g/mol. The Morgan fingerprint density at radius 1 is 1.00 bits per heavy atom. The van der Waals surface area contributed by atoms with Crippen LogP contribution < -0.4 is 9.64 Å². The highest BCUT2D eigenvalue weighted by Crippen LogP contribution is 2.20. The molecule has 4 rings (SSSR count). The lowest BCUT2D eigenvalue weighted by Crippen LogP contribution is -2.50. The second-order valence-corrected chi connectivity index (χ2v) is 6.90. The average Bonchev–Trinajstić information content (AvgIpc) is 3.23. The van der Waals surface area contributed by atoms with Gasteiger partial charge in [0, 0.05) is 44.3 Å². The Hall–Kier alpha value is -3.28. The van der Waals surface area contributed by atoms with Crippen molar-refractivity contribution in [2.24, 2.45) is 0 Å². The van der Waals surface area contributed by atoms with Crippen LogP contribution in [0, 0.1) is 6.92 Å². The normalized spacial score (nSPS) is 14.2. The van der Waals surface area contributed by atoms with Crippen LogP contribution in [0.2, 0.25) is 0 Å². The van der Waals surface area contributed by atoms with Crippen LogP contribution >= 0.6 is 0 Å². The van der Waals surface area contributed by atoms with E-state index < -0.39 is 0 Å². The van der Waals surface area contributed by atoms with E-state index >= 15 is 0 Å². The lowest BCUT2D eigenvalue weighted by Gasteiger charge is -2.35. The van der Waals surface area contributed by atoms with Crippen LogP contribution in [0.1, 0.15) is 5.56 Å². The molecule has 1 saturated heterocycles. The molecule has 28 heavy (non-hydrogen) atoms. The van der Waals surface area contributed by atoms with Crippen molar-refractivity contribution in [3.8, 4) is 11.4 Å². The number of carbonyl (C=O) groups excluding carboxylic acids is 1. The highest BCUT2D eigenvalue weighted by molar-refractivity contribution is 5.78. The summed E-state index contributed by atoms with van der Waals surface area (Å²) in [6.45, 7) is 4.98. The van der Waals surface area contributed by atoms with Crippen molar-refractivity contribution in [2.45, 2.75) is 6.92 Å². The first-order chi connectivity index (χ1) is 13.7. The van der Waals surface area contributed by atoms with Gasteiger partial charge in [0.25, 0.3) is 5.91 Å². The number of aryl methyl sites for hydroxylation is 1. The van der Waals surface area contributed by atoms with E-state index in [1.807, 2.05) is 47.6 Å². The van der Waals surface area contributed by atoms with Gasteiger partial charge in [-0.2, -0.15) is 0 Å². The Morgan fingerprint density at radius 3 is 2.43 bits per heavy atom. The number of benzene rings is 2. The van der Waals surface area contributed by atoms with Gasteiger partial charge in [-0.3, -0.25) is 9.36 Å². The van der Waals surface area contributed by atoms with Crippen molar-refractivity contribution < 1.29 is 9.53 Å². The van der Waals surface area contributed by atoms with E-state index in [-0.39, 0.29) is 12.5 Å². The molecule has 0 unspecified atom stereocenters. The third-order valence-electron chi connectivity index (χ3n) is 4.95. The Kier molecular flexibility index (Phi) is 5.28. The topological polar surface area (TPSA) is 50.6 Å². The molecule has 0 atom stereocenters. The number of amides is 1. The summed E-state index contributed by atoms with van der Waals surface area (Å²) in [6.07, 6.45) is 3.80. The van der Waals surface area contributed by atoms with Gasteiger partial charge in [0.15, 0.2) is 6.61 Å². The quantitative estimate of drug-likeness (QED) is 0.687. The highest BCUT2D eigenvalue weighted by atomic mass is 16.5. The Morgan fingerprint density at radius 2 is 1.71 bits per heavy atom. The lowest BCUT2D eigenvalue weighted by atomic mass is 10.2. The first-order valence-corrected chi connectivity index (χ1v) is 9.52. The molecule has 0 N–H and O–H groups in total. The molecular weight excluding hydrogens is 352 g/mol. The van der Waals surface area contributed by atoms with Crippen LogP contribution in [0.4, 0.5) is 5.95 Å². The number of imidazole rings is 1. The van der Waals surface area contributed by atoms with Crippen LogP contribution in [0.25, 0.3) is 5.69 Å². The molecule has 2 aromatic carbocycles. The number of hydrogen-bond acceptors (Lipinski definition) is 4. The van der Waals surface area contributed by atoms with E-state index in [0.29, 0.717) is 13.1 Å². The second kappa shape index (κ2) is 8.17. The Bertz CT molecular complexity index is 913. The van der Waals surface area contributed by atoms with Crippen molar-refractivity contribution in [2.75, 3.05) is 37.7 Å². The van der Waals surface area contributed by atoms with E-state index in [1.165, 1.54) is 5.56 Å². The SMILES string of the molecule is Cc1ccc(-n2ccnc2N2CCN(C(=O)COc3ccccc3)CC2)cc1. The fourth-order valence-corrected chi connectivity index (χ4v) is 3.35. The van der Waals surface area contributed by atoms with Gasteiger partial charge in [0.2, 0.25) is 5.95 Å². The summed E-state index contributed by atoms with van der Waals surface area (Å²) in [7, 11) is 0. The number of para-hydroxylation sites is 1. The molecule has 3 aromatic rings. The zero-order chi connectivity index (χ0) is 19.3. The summed E-state index contributed by atoms with van der Waals surface area (Å²) < 4.78 is 7.68. The minimum Gasteiger partial charge on any atom is -0.484 e. The number of ether oxygens (including phenoxy) is 1. The van der Waals surface area contributed by atoms with Gasteiger partial charge in [-0.05, 0) is 31.2 Å². The zero-order valence-electron chi connectivity index (χ0n) is 16.0. The minimum atomic E-state index is 0.0189. The summed E-state index contributed by atoms with van der Waals surface area (Å²) >= 11 is 0. The molecule has 2 heterocycles. The molecule has 1 aromatic heterocycles. The monoisotopic (exact) mass is 376 g/mol. The number of carbonyl (C=O) groups is 1. The number of anilines is 1. The highest BCUT2D eigenvalue weighted by Gasteiger charge is 2.24. The lowest BCUT2D eigenvalue weighted by molar-refractivity contribution is -0.133. The smallest absolute Gasteiger partial charge is 0.260 e. The van der Waals surface area contributed by atoms with Gasteiger partial charge in [0.05, 0.1) is 0 Å². The van der Waals surface area contributed by atoms with E-state index in [9.17, 15) is 4.79 Å². The predicted octanol–water partition coefficient (Wildman–Crippen LogP) is 2.91. The maximum Gasteiger partial charge on any atom is 0.260 e. The van der Waals surface area contributed by atoms with Crippen molar-refractivity contribution in [1.29, 1.82) is 0 Å². The molecule has 6 heteroatoms. The molecule has 1 aliphatic heterocycles. The van der Waals surface area contributed by atoms with Crippen LogP contribution in [0.5, 0.6) is 5.75 Å². The van der Waals surface area contributed by atoms with Gasteiger partial charge < -0.3 is 14.5 Å². The molecular formula is C22H24N4O2. The van der Waals surface area contributed by atoms with Crippen LogP contribution in [-0.2, 0) is 4.79 Å². The fraction of sp³-hybridized carbons (Fsp3) is 0.273. The van der Waals surface area contributed by atoms with Gasteiger partial charge in [-0.15, -0.1) is 0 Å². The molecule has 0 saturated carbocycles. The van der Waals surface area contributed by atoms with Crippen molar-refractivity contribution in [1.82, 2.24) is 14.5 Å². The zero-order valence-corrected chi connectivity index (χ0v) is 16.0. The first kappa shape index (κ1) is 18.1. The first-order valence-electron chi connectivity index (χ1n) is 9.52. The Balaban J connectivity index is 1.35. The molecule has 6 nitrogen and oxygen atoms in total. The predicted molar refractivity (Wildman–Crippen MR) is 109 cm³/mol. The van der Waals surface area contributed by atoms with Crippen LogP contribution in [0.3, 0.4) is 0 Å². The number of aromatic nitrogens is 2. The summed E-state index contributed by atoms with van der Waals surface area (Å²) in [4.78, 5) is 21.1. The van der Waals surface area contributed by atoms with Gasteiger partial charge in [-0.25, -0.2) is 4.98 Å². The number of hydrogen-bond donors (Lipinski definition) is 0. The van der Waals surface area contributed by atoms with E-state index in [2.05, 4.69) is 45.6 Å².